The Hall–Kier alpha value is -1.97. The molecule has 1 heterocycles. The van der Waals surface area contributed by atoms with E-state index in [4.69, 9.17) is 14.5 Å². The molecule has 100 valence electrons. The third-order valence-electron chi connectivity index (χ3n) is 3.59. The van der Waals surface area contributed by atoms with Crippen molar-refractivity contribution in [1.82, 2.24) is 4.98 Å². The third kappa shape index (κ3) is 2.07. The summed E-state index contributed by atoms with van der Waals surface area (Å²) in [6.07, 6.45) is 2.48. The molecule has 0 amide bonds. The maximum atomic E-state index is 5.47. The van der Waals surface area contributed by atoms with Crippen molar-refractivity contribution in [3.63, 3.8) is 0 Å². The fourth-order valence-corrected chi connectivity index (χ4v) is 2.39. The van der Waals surface area contributed by atoms with Crippen molar-refractivity contribution >= 4 is 16.6 Å². The smallest absolute Gasteiger partial charge is 0.134 e. The first-order chi connectivity index (χ1) is 9.26. The van der Waals surface area contributed by atoms with Crippen LogP contribution in [0.15, 0.2) is 18.2 Å². The highest BCUT2D eigenvalue weighted by Crippen LogP contribution is 2.43. The molecule has 1 aromatic carbocycles. The summed E-state index contributed by atoms with van der Waals surface area (Å²) in [6, 6.07) is 5.99. The van der Waals surface area contributed by atoms with Crippen LogP contribution < -0.4 is 14.8 Å². The van der Waals surface area contributed by atoms with Gasteiger partial charge < -0.3 is 14.8 Å². The fourth-order valence-electron chi connectivity index (χ4n) is 2.39. The zero-order valence-corrected chi connectivity index (χ0v) is 11.5. The highest BCUT2D eigenvalue weighted by Gasteiger charge is 2.26. The molecule has 0 aliphatic heterocycles. The number of benzene rings is 1. The second kappa shape index (κ2) is 4.61. The Bertz CT molecular complexity index is 621. The van der Waals surface area contributed by atoms with E-state index in [0.29, 0.717) is 5.92 Å². The summed E-state index contributed by atoms with van der Waals surface area (Å²) in [4.78, 5) is 4.76. The quantitative estimate of drug-likeness (QED) is 0.914. The van der Waals surface area contributed by atoms with E-state index in [9.17, 15) is 0 Å². The highest BCUT2D eigenvalue weighted by molar-refractivity contribution is 5.97. The molecule has 0 spiro atoms. The molecule has 1 N–H and O–H groups in total. The number of methoxy groups -OCH3 is 2. The topological polar surface area (TPSA) is 43.4 Å². The van der Waals surface area contributed by atoms with Gasteiger partial charge in [0.1, 0.15) is 11.5 Å². The Kier molecular flexibility index (Phi) is 2.93. The molecule has 0 saturated heterocycles. The van der Waals surface area contributed by atoms with Gasteiger partial charge in [-0.2, -0.15) is 0 Å². The van der Waals surface area contributed by atoms with Crippen molar-refractivity contribution in [3.05, 3.63) is 23.9 Å². The lowest BCUT2D eigenvalue weighted by atomic mass is 10.1. The van der Waals surface area contributed by atoms with E-state index in [0.717, 1.165) is 33.8 Å². The van der Waals surface area contributed by atoms with Crippen LogP contribution >= 0.6 is 0 Å². The van der Waals surface area contributed by atoms with Crippen LogP contribution in [0.2, 0.25) is 0 Å². The van der Waals surface area contributed by atoms with E-state index in [2.05, 4.69) is 11.4 Å². The average molecular weight is 258 g/mol. The maximum Gasteiger partial charge on any atom is 0.134 e. The standard InChI is InChI=1S/C15H18N2O2/c1-16-12-8-11(9-4-5-9)17-13-6-10(18-2)7-14(19-3)15(12)13/h6-9H,4-5H2,1-3H3,(H,16,17). The van der Waals surface area contributed by atoms with Crippen LogP contribution in [0.25, 0.3) is 10.9 Å². The monoisotopic (exact) mass is 258 g/mol. The lowest BCUT2D eigenvalue weighted by molar-refractivity contribution is 0.398. The fraction of sp³-hybridized carbons (Fsp3) is 0.400. The van der Waals surface area contributed by atoms with Crippen molar-refractivity contribution in [2.75, 3.05) is 26.6 Å². The Labute approximate surface area is 112 Å². The van der Waals surface area contributed by atoms with Gasteiger partial charge in [0.05, 0.1) is 25.1 Å². The van der Waals surface area contributed by atoms with Crippen molar-refractivity contribution in [2.24, 2.45) is 0 Å². The number of rotatable bonds is 4. The molecule has 2 aromatic rings. The summed E-state index contributed by atoms with van der Waals surface area (Å²) in [7, 11) is 5.25. The molecule has 3 rings (SSSR count). The number of nitrogens with one attached hydrogen (secondary N) is 1. The lowest BCUT2D eigenvalue weighted by Crippen LogP contribution is -1.98. The van der Waals surface area contributed by atoms with Gasteiger partial charge in [-0.05, 0) is 18.9 Å². The number of nitrogens with zero attached hydrogens (tertiary/aromatic N) is 1. The highest BCUT2D eigenvalue weighted by atomic mass is 16.5. The molecule has 1 aliphatic rings. The number of hydrogen-bond acceptors (Lipinski definition) is 4. The molecule has 0 radical (unpaired) electrons. The Morgan fingerprint density at radius 2 is 1.95 bits per heavy atom. The minimum atomic E-state index is 0.619. The molecule has 1 saturated carbocycles. The third-order valence-corrected chi connectivity index (χ3v) is 3.59. The molecule has 1 aliphatic carbocycles. The van der Waals surface area contributed by atoms with Crippen LogP contribution in [0, 0.1) is 0 Å². The second-order valence-electron chi connectivity index (χ2n) is 4.84. The molecule has 0 unspecified atom stereocenters. The van der Waals surface area contributed by atoms with Crippen molar-refractivity contribution in [1.29, 1.82) is 0 Å². The van der Waals surface area contributed by atoms with E-state index >= 15 is 0 Å². The molecule has 19 heavy (non-hydrogen) atoms. The first-order valence-corrected chi connectivity index (χ1v) is 6.51. The predicted molar refractivity (Wildman–Crippen MR) is 76.4 cm³/mol. The maximum absolute atomic E-state index is 5.47. The molecule has 4 heteroatoms. The lowest BCUT2D eigenvalue weighted by Gasteiger charge is -2.13. The molecule has 1 aromatic heterocycles. The summed E-state index contributed by atoms with van der Waals surface area (Å²) in [5.41, 5.74) is 3.14. The molecular weight excluding hydrogens is 240 g/mol. The minimum absolute atomic E-state index is 0.619. The van der Waals surface area contributed by atoms with Crippen LogP contribution in [0.1, 0.15) is 24.5 Å². The van der Waals surface area contributed by atoms with Crippen LogP contribution in [-0.4, -0.2) is 26.3 Å². The SMILES string of the molecule is CNc1cc(C2CC2)nc2cc(OC)cc(OC)c12. The number of pyridine rings is 1. The van der Waals surface area contributed by atoms with Gasteiger partial charge in [-0.3, -0.25) is 4.98 Å². The van der Waals surface area contributed by atoms with Crippen LogP contribution in [-0.2, 0) is 0 Å². The van der Waals surface area contributed by atoms with Crippen LogP contribution in [0.5, 0.6) is 11.5 Å². The van der Waals surface area contributed by atoms with Gasteiger partial charge in [0, 0.05) is 36.5 Å². The minimum Gasteiger partial charge on any atom is -0.497 e. The zero-order valence-electron chi connectivity index (χ0n) is 11.5. The van der Waals surface area contributed by atoms with Gasteiger partial charge in [-0.1, -0.05) is 0 Å². The van der Waals surface area contributed by atoms with Crippen molar-refractivity contribution < 1.29 is 9.47 Å². The van der Waals surface area contributed by atoms with E-state index in [1.54, 1.807) is 14.2 Å². The second-order valence-corrected chi connectivity index (χ2v) is 4.84. The Morgan fingerprint density at radius 3 is 2.53 bits per heavy atom. The molecule has 1 fully saturated rings. The van der Waals surface area contributed by atoms with Crippen molar-refractivity contribution in [2.45, 2.75) is 18.8 Å². The van der Waals surface area contributed by atoms with E-state index < -0.39 is 0 Å². The number of hydrogen-bond donors (Lipinski definition) is 1. The largest absolute Gasteiger partial charge is 0.497 e. The summed E-state index contributed by atoms with van der Waals surface area (Å²) in [5, 5.41) is 4.25. The summed E-state index contributed by atoms with van der Waals surface area (Å²) < 4.78 is 10.8. The first-order valence-electron chi connectivity index (χ1n) is 6.51. The summed E-state index contributed by atoms with van der Waals surface area (Å²) in [5.74, 6) is 2.18. The van der Waals surface area contributed by atoms with Gasteiger partial charge in [0.15, 0.2) is 0 Å². The number of aromatic nitrogens is 1. The van der Waals surface area contributed by atoms with Gasteiger partial charge >= 0.3 is 0 Å². The summed E-state index contributed by atoms with van der Waals surface area (Å²) in [6.45, 7) is 0. The van der Waals surface area contributed by atoms with Crippen LogP contribution in [0.3, 0.4) is 0 Å². The molecule has 4 nitrogen and oxygen atoms in total. The van der Waals surface area contributed by atoms with E-state index in [-0.39, 0.29) is 0 Å². The van der Waals surface area contributed by atoms with Gasteiger partial charge in [-0.15, -0.1) is 0 Å². The van der Waals surface area contributed by atoms with E-state index in [1.807, 2.05) is 19.2 Å². The molecular formula is C15H18N2O2. The van der Waals surface area contributed by atoms with Gasteiger partial charge in [0.2, 0.25) is 0 Å². The van der Waals surface area contributed by atoms with Crippen molar-refractivity contribution in [3.8, 4) is 11.5 Å². The number of ether oxygens (including phenoxy) is 2. The van der Waals surface area contributed by atoms with E-state index in [1.165, 1.54) is 12.8 Å². The normalized spacial score (nSPS) is 14.5. The zero-order chi connectivity index (χ0) is 13.4. The molecule has 0 atom stereocenters. The first kappa shape index (κ1) is 12.1. The van der Waals surface area contributed by atoms with Gasteiger partial charge in [-0.25, -0.2) is 0 Å². The van der Waals surface area contributed by atoms with Gasteiger partial charge in [0.25, 0.3) is 0 Å². The average Bonchev–Trinajstić information content (AvgIpc) is 3.29. The number of fused-ring (bicyclic) bond motifs is 1. The van der Waals surface area contributed by atoms with Crippen LogP contribution in [0.4, 0.5) is 5.69 Å². The Balaban J connectivity index is 2.28. The predicted octanol–water partition coefficient (Wildman–Crippen LogP) is 3.17. The number of anilines is 1. The Morgan fingerprint density at radius 1 is 1.16 bits per heavy atom. The summed E-state index contributed by atoms with van der Waals surface area (Å²) >= 11 is 0. The molecule has 0 bridgehead atoms.